The van der Waals surface area contributed by atoms with Crippen LogP contribution in [0.2, 0.25) is 0 Å². The molecule has 4 heteroatoms. The van der Waals surface area contributed by atoms with E-state index in [9.17, 15) is 4.79 Å². The molecule has 0 spiro atoms. The van der Waals surface area contributed by atoms with E-state index in [2.05, 4.69) is 15.9 Å². The van der Waals surface area contributed by atoms with Crippen LogP contribution in [0.5, 0.6) is 0 Å². The highest BCUT2D eigenvalue weighted by atomic mass is 79.9. The van der Waals surface area contributed by atoms with Gasteiger partial charge < -0.3 is 9.64 Å². The number of carbonyl (C=O) groups excluding carboxylic acids is 1. The van der Waals surface area contributed by atoms with E-state index < -0.39 is 4.32 Å². The molecule has 1 aliphatic rings. The SMILES string of the molecule is CN(CCOCC1CC1)C(=O)C(C)(C)Br. The van der Waals surface area contributed by atoms with Gasteiger partial charge >= 0.3 is 0 Å². The average molecular weight is 278 g/mol. The molecule has 0 atom stereocenters. The molecule has 0 unspecified atom stereocenters. The summed E-state index contributed by atoms with van der Waals surface area (Å²) in [6.45, 7) is 5.88. The van der Waals surface area contributed by atoms with Gasteiger partial charge in [0.1, 0.15) is 0 Å². The highest BCUT2D eigenvalue weighted by Crippen LogP contribution is 2.28. The molecule has 3 nitrogen and oxygen atoms in total. The largest absolute Gasteiger partial charge is 0.379 e. The Morgan fingerprint density at radius 1 is 1.53 bits per heavy atom. The van der Waals surface area contributed by atoms with Crippen LogP contribution in [0.15, 0.2) is 0 Å². The van der Waals surface area contributed by atoms with Crippen molar-refractivity contribution in [2.24, 2.45) is 5.92 Å². The van der Waals surface area contributed by atoms with Crippen LogP contribution >= 0.6 is 15.9 Å². The van der Waals surface area contributed by atoms with E-state index in [0.717, 1.165) is 12.5 Å². The third-order valence-corrected chi connectivity index (χ3v) is 2.82. The average Bonchev–Trinajstić information content (AvgIpc) is 2.93. The molecular formula is C11H20BrNO2. The fourth-order valence-corrected chi connectivity index (χ4v) is 1.59. The Morgan fingerprint density at radius 2 is 2.13 bits per heavy atom. The summed E-state index contributed by atoms with van der Waals surface area (Å²) in [7, 11) is 1.81. The number of alkyl halides is 1. The first-order valence-corrected chi connectivity index (χ1v) is 6.23. The van der Waals surface area contributed by atoms with Crippen LogP contribution in [0.3, 0.4) is 0 Å². The number of rotatable bonds is 6. The van der Waals surface area contributed by atoms with Gasteiger partial charge in [0.05, 0.1) is 10.9 Å². The quantitative estimate of drug-likeness (QED) is 0.549. The summed E-state index contributed by atoms with van der Waals surface area (Å²) in [5, 5.41) is 0. The first-order chi connectivity index (χ1) is 6.91. The standard InChI is InChI=1S/C11H20BrNO2/c1-11(2,12)10(14)13(3)6-7-15-8-9-4-5-9/h9H,4-8H2,1-3H3. The number of carbonyl (C=O) groups is 1. The van der Waals surface area contributed by atoms with Crippen LogP contribution in [0.1, 0.15) is 26.7 Å². The minimum absolute atomic E-state index is 0.0949. The predicted octanol–water partition coefficient (Wildman–Crippen LogP) is 2.04. The van der Waals surface area contributed by atoms with E-state index in [4.69, 9.17) is 4.74 Å². The number of halogens is 1. The van der Waals surface area contributed by atoms with E-state index in [1.165, 1.54) is 12.8 Å². The molecule has 1 rings (SSSR count). The summed E-state index contributed by atoms with van der Waals surface area (Å²) in [5.74, 6) is 0.885. The lowest BCUT2D eigenvalue weighted by molar-refractivity contribution is -0.132. The zero-order chi connectivity index (χ0) is 11.5. The molecule has 0 aromatic carbocycles. The molecule has 1 saturated carbocycles. The molecule has 15 heavy (non-hydrogen) atoms. The highest BCUT2D eigenvalue weighted by molar-refractivity contribution is 9.10. The fraction of sp³-hybridized carbons (Fsp3) is 0.909. The van der Waals surface area contributed by atoms with Crippen LogP contribution in [-0.4, -0.2) is 41.9 Å². The maximum absolute atomic E-state index is 11.7. The van der Waals surface area contributed by atoms with Gasteiger partial charge in [-0.3, -0.25) is 4.79 Å². The van der Waals surface area contributed by atoms with Crippen molar-refractivity contribution < 1.29 is 9.53 Å². The first kappa shape index (κ1) is 13.0. The number of amides is 1. The van der Waals surface area contributed by atoms with E-state index in [1.807, 2.05) is 20.9 Å². The third-order valence-electron chi connectivity index (χ3n) is 2.48. The smallest absolute Gasteiger partial charge is 0.238 e. The van der Waals surface area contributed by atoms with Crippen molar-refractivity contribution in [1.29, 1.82) is 0 Å². The van der Waals surface area contributed by atoms with Crippen LogP contribution in [0.4, 0.5) is 0 Å². The molecule has 0 saturated heterocycles. The fourth-order valence-electron chi connectivity index (χ4n) is 1.29. The molecular weight excluding hydrogens is 258 g/mol. The number of nitrogens with zero attached hydrogens (tertiary/aromatic N) is 1. The van der Waals surface area contributed by atoms with Crippen LogP contribution in [-0.2, 0) is 9.53 Å². The van der Waals surface area contributed by atoms with E-state index in [-0.39, 0.29) is 5.91 Å². The van der Waals surface area contributed by atoms with Gasteiger partial charge in [-0.05, 0) is 32.6 Å². The Morgan fingerprint density at radius 3 is 2.60 bits per heavy atom. The second-order valence-electron chi connectivity index (χ2n) is 4.72. The molecule has 0 aromatic rings. The number of hydrogen-bond acceptors (Lipinski definition) is 2. The van der Waals surface area contributed by atoms with Crippen LogP contribution in [0.25, 0.3) is 0 Å². The molecule has 88 valence electrons. The molecule has 0 aromatic heterocycles. The lowest BCUT2D eigenvalue weighted by Gasteiger charge is -2.24. The van der Waals surface area contributed by atoms with E-state index in [0.29, 0.717) is 13.2 Å². The third kappa shape index (κ3) is 4.98. The molecule has 0 heterocycles. The molecule has 1 fully saturated rings. The topological polar surface area (TPSA) is 29.5 Å². The summed E-state index contributed by atoms with van der Waals surface area (Å²) in [5.41, 5.74) is 0. The lowest BCUT2D eigenvalue weighted by Crippen LogP contribution is -2.40. The van der Waals surface area contributed by atoms with Crippen molar-refractivity contribution in [2.75, 3.05) is 26.8 Å². The first-order valence-electron chi connectivity index (χ1n) is 5.43. The van der Waals surface area contributed by atoms with Gasteiger partial charge in [-0.15, -0.1) is 0 Å². The van der Waals surface area contributed by atoms with Crippen molar-refractivity contribution in [3.05, 3.63) is 0 Å². The normalized spacial score (nSPS) is 16.5. The second kappa shape index (κ2) is 5.30. The van der Waals surface area contributed by atoms with Crippen molar-refractivity contribution in [2.45, 2.75) is 31.0 Å². The van der Waals surface area contributed by atoms with Gasteiger partial charge in [0.25, 0.3) is 0 Å². The van der Waals surface area contributed by atoms with Gasteiger partial charge in [-0.1, -0.05) is 15.9 Å². The summed E-state index contributed by atoms with van der Waals surface area (Å²) in [4.78, 5) is 13.4. The summed E-state index contributed by atoms with van der Waals surface area (Å²) in [6.07, 6.45) is 2.62. The second-order valence-corrected chi connectivity index (χ2v) is 6.70. The molecule has 0 radical (unpaired) electrons. The monoisotopic (exact) mass is 277 g/mol. The van der Waals surface area contributed by atoms with Crippen LogP contribution < -0.4 is 0 Å². The zero-order valence-electron chi connectivity index (χ0n) is 9.75. The Kier molecular flexibility index (Phi) is 4.59. The maximum atomic E-state index is 11.7. The number of hydrogen-bond donors (Lipinski definition) is 0. The Hall–Kier alpha value is -0.0900. The van der Waals surface area contributed by atoms with Gasteiger partial charge in [-0.25, -0.2) is 0 Å². The van der Waals surface area contributed by atoms with Crippen molar-refractivity contribution in [1.82, 2.24) is 4.90 Å². The van der Waals surface area contributed by atoms with Crippen molar-refractivity contribution >= 4 is 21.8 Å². The summed E-state index contributed by atoms with van der Waals surface area (Å²) in [6, 6.07) is 0. The van der Waals surface area contributed by atoms with Crippen molar-refractivity contribution in [3.63, 3.8) is 0 Å². The maximum Gasteiger partial charge on any atom is 0.238 e. The van der Waals surface area contributed by atoms with Gasteiger partial charge in [0.15, 0.2) is 0 Å². The minimum Gasteiger partial charge on any atom is -0.379 e. The molecule has 0 N–H and O–H groups in total. The van der Waals surface area contributed by atoms with Gasteiger partial charge in [-0.2, -0.15) is 0 Å². The van der Waals surface area contributed by atoms with Crippen molar-refractivity contribution in [3.8, 4) is 0 Å². The van der Waals surface area contributed by atoms with E-state index >= 15 is 0 Å². The van der Waals surface area contributed by atoms with Gasteiger partial charge in [0, 0.05) is 20.2 Å². The Bertz CT molecular complexity index is 221. The lowest BCUT2D eigenvalue weighted by atomic mass is 10.2. The molecule has 0 bridgehead atoms. The zero-order valence-corrected chi connectivity index (χ0v) is 11.3. The highest BCUT2D eigenvalue weighted by Gasteiger charge is 2.27. The number of likely N-dealkylation sites (N-methyl/N-ethyl adjacent to an activating group) is 1. The summed E-state index contributed by atoms with van der Waals surface area (Å²) >= 11 is 3.35. The Labute approximate surface area is 100 Å². The Balaban J connectivity index is 2.11. The predicted molar refractivity (Wildman–Crippen MR) is 64.2 cm³/mol. The van der Waals surface area contributed by atoms with Gasteiger partial charge in [0.2, 0.25) is 5.91 Å². The molecule has 0 aliphatic heterocycles. The molecule has 1 aliphatic carbocycles. The number of ether oxygens (including phenoxy) is 1. The van der Waals surface area contributed by atoms with E-state index in [1.54, 1.807) is 4.90 Å². The summed E-state index contributed by atoms with van der Waals surface area (Å²) < 4.78 is 5.01. The molecule has 1 amide bonds. The van der Waals surface area contributed by atoms with Crippen LogP contribution in [0, 0.1) is 5.92 Å². The minimum atomic E-state index is -0.474.